The van der Waals surface area contributed by atoms with Gasteiger partial charge in [0.2, 0.25) is 0 Å². The van der Waals surface area contributed by atoms with Gasteiger partial charge in [0.25, 0.3) is 0 Å². The lowest BCUT2D eigenvalue weighted by Gasteiger charge is -2.71. The van der Waals surface area contributed by atoms with E-state index >= 15 is 4.79 Å². The molecular weight excluding hydrogens is 671 g/mol. The molecule has 13 aliphatic rings. The molecule has 12 unspecified atom stereocenters. The number of carbonyl (C=O) groups is 2. The Morgan fingerprint density at radius 2 is 1.93 bits per heavy atom. The van der Waals surface area contributed by atoms with Crippen molar-refractivity contribution in [1.82, 2.24) is 9.80 Å². The van der Waals surface area contributed by atoms with E-state index in [4.69, 9.17) is 15.2 Å². The summed E-state index contributed by atoms with van der Waals surface area (Å²) in [7, 11) is 0. The predicted molar refractivity (Wildman–Crippen MR) is 208 cm³/mol. The molecule has 4 aliphatic carbocycles. The van der Waals surface area contributed by atoms with Crippen molar-refractivity contribution in [2.45, 2.75) is 122 Å². The molecule has 12 bridgehead atoms. The average molecular weight is 730 g/mol. The van der Waals surface area contributed by atoms with E-state index in [1.165, 1.54) is 49.9 Å². The van der Waals surface area contributed by atoms with Crippen LogP contribution in [0, 0.1) is 46.3 Å². The number of piperidine rings is 2. The van der Waals surface area contributed by atoms with Crippen molar-refractivity contribution in [3.05, 3.63) is 81.3 Å². The van der Waals surface area contributed by atoms with E-state index in [0.29, 0.717) is 48.2 Å². The maximum atomic E-state index is 15.4. The number of hydrogen-bond acceptors (Lipinski definition) is 7. The number of hydrogen-bond donors (Lipinski definition) is 1. The lowest BCUT2D eigenvalue weighted by Crippen LogP contribution is -2.76. The summed E-state index contributed by atoms with van der Waals surface area (Å²) in [6, 6.07) is 7.37. The van der Waals surface area contributed by atoms with E-state index in [1.54, 1.807) is 11.3 Å². The quantitative estimate of drug-likeness (QED) is 0.285. The van der Waals surface area contributed by atoms with Crippen LogP contribution in [0.2, 0.25) is 0 Å². The van der Waals surface area contributed by atoms with E-state index in [0.717, 1.165) is 86.8 Å². The molecule has 7 nitrogen and oxygen atoms in total. The number of benzene rings is 1. The van der Waals surface area contributed by atoms with Crippen LogP contribution in [0.4, 0.5) is 0 Å². The summed E-state index contributed by atoms with van der Waals surface area (Å²) in [6.45, 7) is 11.1. The largest absolute Gasteiger partial charge is 0.449 e. The van der Waals surface area contributed by atoms with Gasteiger partial charge in [0.1, 0.15) is 11.2 Å². The lowest BCUT2D eigenvalue weighted by atomic mass is 9.29. The molecule has 9 aliphatic heterocycles. The third-order valence-corrected chi connectivity index (χ3v) is 16.9. The second-order valence-electron chi connectivity index (χ2n) is 19.1. The Hall–Kier alpha value is -3.16. The van der Waals surface area contributed by atoms with Gasteiger partial charge in [0.15, 0.2) is 5.60 Å². The zero-order valence-electron chi connectivity index (χ0n) is 32.7. The number of nitrogens with zero attached hydrogens (tertiary/aromatic N) is 2. The fourth-order valence-corrected chi connectivity index (χ4v) is 15.3. The Morgan fingerprint density at radius 1 is 1.06 bits per heavy atom. The van der Waals surface area contributed by atoms with E-state index in [2.05, 4.69) is 67.0 Å². The highest BCUT2D eigenvalue weighted by Crippen LogP contribution is 2.86. The van der Waals surface area contributed by atoms with Crippen molar-refractivity contribution in [2.75, 3.05) is 26.2 Å². The topological polar surface area (TPSA) is 85.1 Å². The smallest absolute Gasteiger partial charge is 0.339 e. The van der Waals surface area contributed by atoms with Gasteiger partial charge in [-0.15, -0.1) is 0 Å². The van der Waals surface area contributed by atoms with Gasteiger partial charge in [0, 0.05) is 54.8 Å². The Morgan fingerprint density at radius 3 is 2.76 bits per heavy atom. The van der Waals surface area contributed by atoms with Gasteiger partial charge in [-0.3, -0.25) is 9.69 Å². The molecule has 12 atom stereocenters. The molecule has 1 aromatic rings. The molecule has 54 heavy (non-hydrogen) atoms. The summed E-state index contributed by atoms with van der Waals surface area (Å²) in [5, 5.41) is 0. The number of carbonyl (C=O) groups excluding carboxylic acids is 2. The zero-order valence-corrected chi connectivity index (χ0v) is 32.7. The summed E-state index contributed by atoms with van der Waals surface area (Å²) in [5.41, 5.74) is 12.2. The minimum absolute atomic E-state index is 0.0994. The van der Waals surface area contributed by atoms with Crippen molar-refractivity contribution in [3.8, 4) is 0 Å². The number of rotatable bonds is 7. The second-order valence-corrected chi connectivity index (χ2v) is 19.1. The number of nitrogens with two attached hydrogens (primary N) is 1. The first-order valence-corrected chi connectivity index (χ1v) is 22.0. The Bertz CT molecular complexity index is 1960. The first kappa shape index (κ1) is 34.1. The molecule has 1 saturated carbocycles. The van der Waals surface area contributed by atoms with E-state index < -0.39 is 16.4 Å². The zero-order chi connectivity index (χ0) is 36.7. The maximum absolute atomic E-state index is 15.4. The second kappa shape index (κ2) is 11.9. The highest BCUT2D eigenvalue weighted by atomic mass is 16.6. The van der Waals surface area contributed by atoms with Crippen LogP contribution in [-0.2, 0) is 26.3 Å². The fraction of sp³-hybridized carbons (Fsp3) is 0.660. The summed E-state index contributed by atoms with van der Waals surface area (Å²) < 4.78 is 13.9. The number of fused-ring (bicyclic) bond motifs is 2. The normalized spacial score (nSPS) is 43.2. The monoisotopic (exact) mass is 729 g/mol. The van der Waals surface area contributed by atoms with Crippen LogP contribution < -0.4 is 5.73 Å². The number of allylic oxidation sites excluding steroid dienone is 4. The summed E-state index contributed by atoms with van der Waals surface area (Å²) in [5.74, 6) is 2.97. The molecule has 14 rings (SSSR count). The minimum Gasteiger partial charge on any atom is -0.449 e. The number of esters is 2. The van der Waals surface area contributed by atoms with Gasteiger partial charge >= 0.3 is 11.9 Å². The van der Waals surface area contributed by atoms with Crippen molar-refractivity contribution in [3.63, 3.8) is 0 Å². The van der Waals surface area contributed by atoms with Gasteiger partial charge in [-0.1, -0.05) is 75.1 Å². The molecule has 4 fully saturated rings. The van der Waals surface area contributed by atoms with Crippen LogP contribution in [-0.4, -0.2) is 60.0 Å². The summed E-state index contributed by atoms with van der Waals surface area (Å²) >= 11 is 0. The molecule has 0 aromatic heterocycles. The molecule has 0 radical (unpaired) electrons. The van der Waals surface area contributed by atoms with Crippen molar-refractivity contribution < 1.29 is 19.1 Å². The third-order valence-electron chi connectivity index (χ3n) is 16.9. The molecule has 2 spiro atoms. The maximum Gasteiger partial charge on any atom is 0.339 e. The van der Waals surface area contributed by atoms with Gasteiger partial charge < -0.3 is 20.1 Å². The summed E-state index contributed by atoms with van der Waals surface area (Å²) in [4.78, 5) is 35.7. The van der Waals surface area contributed by atoms with Crippen LogP contribution in [0.1, 0.15) is 119 Å². The predicted octanol–water partition coefficient (Wildman–Crippen LogP) is 7.96. The first-order chi connectivity index (χ1) is 26.3. The summed E-state index contributed by atoms with van der Waals surface area (Å²) in [6.07, 6.45) is 20.3. The highest BCUT2D eigenvalue weighted by Gasteiger charge is 2.92. The van der Waals surface area contributed by atoms with Crippen molar-refractivity contribution in [1.29, 1.82) is 0 Å². The fourth-order valence-electron chi connectivity index (χ4n) is 15.3. The molecule has 286 valence electrons. The number of ether oxygens (including phenoxy) is 2. The molecule has 7 heteroatoms. The standard InChI is InChI=1S/C47H59N3O4/c1-4-8-32-14-18-39-45-20-19-34-35(16-15-33-27(3)22-30-13-17-37-31-23-28(24-49(32)26-31)25-50(37)42(30)41(33)34)46(45,44(52)53-39)38(9-5-2)47(45)36-12-6-10-29(11-7-21-48)40(36)43(51)54-47/h6,10,12,15-16,18,27-28,31-33,37-38,41H,4-5,7-9,11,13-14,17,19-26,48H2,1-3H3. The highest BCUT2D eigenvalue weighted by molar-refractivity contribution is 6.00. The van der Waals surface area contributed by atoms with Gasteiger partial charge in [-0.2, -0.15) is 0 Å². The van der Waals surface area contributed by atoms with Crippen LogP contribution >= 0.6 is 0 Å². The molecule has 9 heterocycles. The first-order valence-electron chi connectivity index (χ1n) is 22.0. The van der Waals surface area contributed by atoms with Crippen LogP contribution in [0.15, 0.2) is 64.6 Å². The van der Waals surface area contributed by atoms with Crippen LogP contribution in [0.5, 0.6) is 0 Å². The minimum atomic E-state index is -0.953. The third kappa shape index (κ3) is 3.92. The SMILES string of the molecule is CCCC1CC=C2OC(=O)C34C5=C(CCC23C2(OC(=O)c3c(CCCN)cccc32)C4CCC)C2C3=C(CCC4C6CC(CN1C6)CN34)CC(C)C2C=C5. The van der Waals surface area contributed by atoms with Crippen molar-refractivity contribution in [2.24, 2.45) is 52.1 Å². The molecule has 0 amide bonds. The van der Waals surface area contributed by atoms with E-state index in [1.807, 2.05) is 0 Å². The van der Waals surface area contributed by atoms with Gasteiger partial charge in [0.05, 0.1) is 11.0 Å². The van der Waals surface area contributed by atoms with Crippen molar-refractivity contribution >= 4 is 11.9 Å². The Kier molecular flexibility index (Phi) is 7.54. The lowest BCUT2D eigenvalue weighted by molar-refractivity contribution is -0.275. The van der Waals surface area contributed by atoms with E-state index in [-0.39, 0.29) is 17.9 Å². The molecular formula is C47H59N3O4. The Labute approximate surface area is 321 Å². The molecule has 3 saturated heterocycles. The molecule has 2 N–H and O–H groups in total. The average Bonchev–Trinajstić information content (AvgIpc) is 3.62. The van der Waals surface area contributed by atoms with Crippen LogP contribution in [0.25, 0.3) is 0 Å². The van der Waals surface area contributed by atoms with Gasteiger partial charge in [-0.25, -0.2) is 4.79 Å². The van der Waals surface area contributed by atoms with Crippen LogP contribution in [0.3, 0.4) is 0 Å². The van der Waals surface area contributed by atoms with E-state index in [9.17, 15) is 4.79 Å². The Balaban J connectivity index is 1.18. The number of aryl methyl sites for hydroxylation is 1. The molecule has 1 aromatic carbocycles. The van der Waals surface area contributed by atoms with Gasteiger partial charge in [-0.05, 0) is 118 Å².